The number of nitrogens with zero attached hydrogens (tertiary/aromatic N) is 1. The lowest BCUT2D eigenvalue weighted by molar-refractivity contribution is 0.1000. The number of amides is 1. The predicted molar refractivity (Wildman–Crippen MR) is 67.0 cm³/mol. The van der Waals surface area contributed by atoms with Gasteiger partial charge in [0.2, 0.25) is 11.8 Å². The number of carbonyl (C=O) groups is 1. The van der Waals surface area contributed by atoms with E-state index in [4.69, 9.17) is 10.5 Å². The van der Waals surface area contributed by atoms with Gasteiger partial charge in [0.25, 0.3) is 0 Å². The molecule has 5 heteroatoms. The molecule has 0 aliphatic rings. The van der Waals surface area contributed by atoms with Crippen molar-refractivity contribution in [2.75, 3.05) is 0 Å². The summed E-state index contributed by atoms with van der Waals surface area (Å²) in [7, 11) is 0. The summed E-state index contributed by atoms with van der Waals surface area (Å²) in [6, 6.07) is 10.5. The standard InChI is InChI=1S/C12H9BrN2O2/c13-9-2-4-10(5-3-9)17-11-6-1-8(7-15-11)12(14)16/h1-7H,(H2,14,16). The number of rotatable bonds is 3. The van der Waals surface area contributed by atoms with Gasteiger partial charge in [0, 0.05) is 16.7 Å². The Kier molecular flexibility index (Phi) is 3.39. The van der Waals surface area contributed by atoms with Crippen molar-refractivity contribution in [1.82, 2.24) is 4.98 Å². The quantitative estimate of drug-likeness (QED) is 0.946. The van der Waals surface area contributed by atoms with Gasteiger partial charge in [-0.3, -0.25) is 4.79 Å². The van der Waals surface area contributed by atoms with Crippen molar-refractivity contribution in [2.24, 2.45) is 5.73 Å². The van der Waals surface area contributed by atoms with Crippen LogP contribution in [0.3, 0.4) is 0 Å². The Morgan fingerprint density at radius 1 is 1.18 bits per heavy atom. The minimum atomic E-state index is -0.507. The molecular formula is C12H9BrN2O2. The highest BCUT2D eigenvalue weighted by molar-refractivity contribution is 9.10. The fourth-order valence-electron chi connectivity index (χ4n) is 1.21. The van der Waals surface area contributed by atoms with Crippen LogP contribution in [0.1, 0.15) is 10.4 Å². The SMILES string of the molecule is NC(=O)c1ccc(Oc2ccc(Br)cc2)nc1. The maximum Gasteiger partial charge on any atom is 0.250 e. The van der Waals surface area contributed by atoms with Crippen molar-refractivity contribution in [2.45, 2.75) is 0 Å². The molecule has 4 nitrogen and oxygen atoms in total. The second-order valence-electron chi connectivity index (χ2n) is 3.31. The summed E-state index contributed by atoms with van der Waals surface area (Å²) in [4.78, 5) is 14.8. The van der Waals surface area contributed by atoms with Gasteiger partial charge >= 0.3 is 0 Å². The van der Waals surface area contributed by atoms with Crippen molar-refractivity contribution < 1.29 is 9.53 Å². The molecule has 2 aromatic rings. The molecule has 1 amide bonds. The zero-order chi connectivity index (χ0) is 12.3. The zero-order valence-electron chi connectivity index (χ0n) is 8.76. The molecule has 0 aliphatic heterocycles. The molecule has 17 heavy (non-hydrogen) atoms. The monoisotopic (exact) mass is 292 g/mol. The molecule has 0 bridgehead atoms. The largest absolute Gasteiger partial charge is 0.439 e. The topological polar surface area (TPSA) is 65.2 Å². The highest BCUT2D eigenvalue weighted by atomic mass is 79.9. The van der Waals surface area contributed by atoms with Gasteiger partial charge < -0.3 is 10.5 Å². The van der Waals surface area contributed by atoms with E-state index < -0.39 is 5.91 Å². The molecule has 0 atom stereocenters. The van der Waals surface area contributed by atoms with E-state index in [-0.39, 0.29) is 0 Å². The minimum absolute atomic E-state index is 0.355. The Hall–Kier alpha value is -1.88. The van der Waals surface area contributed by atoms with Gasteiger partial charge in [-0.1, -0.05) is 15.9 Å². The lowest BCUT2D eigenvalue weighted by Crippen LogP contribution is -2.10. The van der Waals surface area contributed by atoms with E-state index in [9.17, 15) is 4.79 Å². The zero-order valence-corrected chi connectivity index (χ0v) is 10.3. The molecule has 0 saturated carbocycles. The molecule has 1 aromatic carbocycles. The maximum absolute atomic E-state index is 10.8. The highest BCUT2D eigenvalue weighted by Gasteiger charge is 2.02. The third kappa shape index (κ3) is 3.04. The lowest BCUT2D eigenvalue weighted by atomic mass is 10.3. The molecule has 2 N–H and O–H groups in total. The van der Waals surface area contributed by atoms with E-state index in [2.05, 4.69) is 20.9 Å². The first kappa shape index (κ1) is 11.6. The first-order valence-electron chi connectivity index (χ1n) is 4.84. The lowest BCUT2D eigenvalue weighted by Gasteiger charge is -2.04. The van der Waals surface area contributed by atoms with Crippen LogP contribution in [0.25, 0.3) is 0 Å². The van der Waals surface area contributed by atoms with Crippen molar-refractivity contribution in [3.05, 3.63) is 52.6 Å². The molecular weight excluding hydrogens is 284 g/mol. The van der Waals surface area contributed by atoms with Crippen LogP contribution in [0.4, 0.5) is 0 Å². The summed E-state index contributed by atoms with van der Waals surface area (Å²) < 4.78 is 6.46. The third-order valence-electron chi connectivity index (χ3n) is 2.06. The number of pyridine rings is 1. The normalized spacial score (nSPS) is 9.94. The van der Waals surface area contributed by atoms with Crippen LogP contribution in [0.5, 0.6) is 11.6 Å². The number of primary amides is 1. The molecule has 1 aromatic heterocycles. The van der Waals surface area contributed by atoms with Gasteiger partial charge in [-0.05, 0) is 30.3 Å². The van der Waals surface area contributed by atoms with Crippen molar-refractivity contribution in [1.29, 1.82) is 0 Å². The van der Waals surface area contributed by atoms with Crippen molar-refractivity contribution in [3.63, 3.8) is 0 Å². The second-order valence-corrected chi connectivity index (χ2v) is 4.22. The molecule has 0 radical (unpaired) electrons. The summed E-state index contributed by atoms with van der Waals surface area (Å²) in [5.41, 5.74) is 5.46. The molecule has 1 heterocycles. The highest BCUT2D eigenvalue weighted by Crippen LogP contribution is 2.21. The van der Waals surface area contributed by atoms with Gasteiger partial charge in [0.05, 0.1) is 5.56 Å². The third-order valence-corrected chi connectivity index (χ3v) is 2.59. The fourth-order valence-corrected chi connectivity index (χ4v) is 1.47. The Balaban J connectivity index is 2.13. The number of carbonyl (C=O) groups excluding carboxylic acids is 1. The van der Waals surface area contributed by atoms with Crippen LogP contribution in [-0.2, 0) is 0 Å². The first-order valence-corrected chi connectivity index (χ1v) is 5.64. The van der Waals surface area contributed by atoms with E-state index in [1.807, 2.05) is 24.3 Å². The molecule has 86 valence electrons. The van der Waals surface area contributed by atoms with Crippen LogP contribution in [-0.4, -0.2) is 10.9 Å². The number of hydrogen-bond donors (Lipinski definition) is 1. The van der Waals surface area contributed by atoms with Gasteiger partial charge in [-0.15, -0.1) is 0 Å². The number of aromatic nitrogens is 1. The van der Waals surface area contributed by atoms with Crippen LogP contribution in [0, 0.1) is 0 Å². The smallest absolute Gasteiger partial charge is 0.250 e. The summed E-state index contributed by atoms with van der Waals surface area (Å²) >= 11 is 3.33. The second kappa shape index (κ2) is 4.97. The average molecular weight is 293 g/mol. The summed E-state index contributed by atoms with van der Waals surface area (Å²) in [6.07, 6.45) is 1.39. The van der Waals surface area contributed by atoms with Crippen molar-refractivity contribution >= 4 is 21.8 Å². The Morgan fingerprint density at radius 3 is 2.41 bits per heavy atom. The van der Waals surface area contributed by atoms with Crippen LogP contribution < -0.4 is 10.5 Å². The molecule has 0 fully saturated rings. The minimum Gasteiger partial charge on any atom is -0.439 e. The van der Waals surface area contributed by atoms with Gasteiger partial charge in [-0.2, -0.15) is 0 Å². The number of hydrogen-bond acceptors (Lipinski definition) is 3. The van der Waals surface area contributed by atoms with Crippen LogP contribution >= 0.6 is 15.9 Å². The molecule has 2 rings (SSSR count). The average Bonchev–Trinajstić information content (AvgIpc) is 2.33. The summed E-state index contributed by atoms with van der Waals surface area (Å²) in [5, 5.41) is 0. The van der Waals surface area contributed by atoms with E-state index in [0.717, 1.165) is 4.47 Å². The van der Waals surface area contributed by atoms with Crippen LogP contribution in [0.2, 0.25) is 0 Å². The Morgan fingerprint density at radius 2 is 1.88 bits per heavy atom. The maximum atomic E-state index is 10.8. The van der Waals surface area contributed by atoms with E-state index >= 15 is 0 Å². The summed E-state index contributed by atoms with van der Waals surface area (Å²) in [5.74, 6) is 0.581. The van der Waals surface area contributed by atoms with Crippen molar-refractivity contribution in [3.8, 4) is 11.6 Å². The van der Waals surface area contributed by atoms with E-state index in [1.165, 1.54) is 6.20 Å². The number of benzene rings is 1. The Bertz CT molecular complexity index is 523. The van der Waals surface area contributed by atoms with Crippen LogP contribution in [0.15, 0.2) is 47.1 Å². The number of nitrogens with two attached hydrogens (primary N) is 1. The number of ether oxygens (including phenoxy) is 1. The number of halogens is 1. The van der Waals surface area contributed by atoms with Gasteiger partial charge in [0.1, 0.15) is 5.75 Å². The predicted octanol–water partition coefficient (Wildman–Crippen LogP) is 2.74. The van der Waals surface area contributed by atoms with Gasteiger partial charge in [0.15, 0.2) is 0 Å². The molecule has 0 spiro atoms. The Labute approximate surface area is 107 Å². The molecule has 0 unspecified atom stereocenters. The first-order chi connectivity index (χ1) is 8.15. The van der Waals surface area contributed by atoms with Gasteiger partial charge in [-0.25, -0.2) is 4.98 Å². The summed E-state index contributed by atoms with van der Waals surface area (Å²) in [6.45, 7) is 0. The van der Waals surface area contributed by atoms with E-state index in [0.29, 0.717) is 17.2 Å². The van der Waals surface area contributed by atoms with E-state index in [1.54, 1.807) is 12.1 Å². The molecule has 0 aliphatic carbocycles. The molecule has 0 saturated heterocycles. The fraction of sp³-hybridized carbons (Fsp3) is 0.